The molecular weight excluding hydrogens is 186 g/mol. The molecule has 0 fully saturated rings. The lowest BCUT2D eigenvalue weighted by Gasteiger charge is -2.01. The number of carbonyl (C=O) groups excluding carboxylic acids is 1. The van der Waals surface area contributed by atoms with Gasteiger partial charge in [-0.25, -0.2) is 9.42 Å². The van der Waals surface area contributed by atoms with Crippen molar-refractivity contribution in [3.8, 4) is 5.75 Å². The van der Waals surface area contributed by atoms with Gasteiger partial charge in [0.15, 0.2) is 11.3 Å². The number of benzene rings is 1. The Kier molecular flexibility index (Phi) is 2.02. The summed E-state index contributed by atoms with van der Waals surface area (Å²) in [6.07, 6.45) is -0.555. The van der Waals surface area contributed by atoms with Gasteiger partial charge in [-0.05, 0) is 22.4 Å². The van der Waals surface area contributed by atoms with Crippen LogP contribution in [0.5, 0.6) is 5.75 Å². The number of amides is 1. The second-order valence-electron chi connectivity index (χ2n) is 2.53. The van der Waals surface area contributed by atoms with Gasteiger partial charge < -0.3 is 10.1 Å². The molecule has 72 valence electrons. The highest BCUT2D eigenvalue weighted by molar-refractivity contribution is 5.83. The largest absolute Gasteiger partial charge is 0.412 e. The van der Waals surface area contributed by atoms with Gasteiger partial charge in [-0.2, -0.15) is 0 Å². The van der Waals surface area contributed by atoms with E-state index in [2.05, 4.69) is 20.3 Å². The van der Waals surface area contributed by atoms with Crippen molar-refractivity contribution in [2.45, 2.75) is 0 Å². The molecule has 0 saturated carbocycles. The molecule has 0 spiro atoms. The van der Waals surface area contributed by atoms with Crippen LogP contribution in [0.3, 0.4) is 0 Å². The summed E-state index contributed by atoms with van der Waals surface area (Å²) in [6, 6.07) is 5.02. The van der Waals surface area contributed by atoms with E-state index in [1.807, 2.05) is 0 Å². The molecule has 1 amide bonds. The molecule has 1 heterocycles. The Bertz CT molecular complexity index is 466. The predicted octanol–water partition coefficient (Wildman–Crippen LogP) is 0.941. The van der Waals surface area contributed by atoms with Crippen molar-refractivity contribution in [1.82, 2.24) is 15.6 Å². The van der Waals surface area contributed by atoms with Crippen LogP contribution in [0, 0.1) is 0 Å². The highest BCUT2D eigenvalue weighted by atomic mass is 16.6. The molecule has 0 atom stereocenters. The Hall–Kier alpha value is -2.11. The summed E-state index contributed by atoms with van der Waals surface area (Å²) in [6.45, 7) is 0. The van der Waals surface area contributed by atoms with Crippen LogP contribution in [0.4, 0.5) is 4.79 Å². The van der Waals surface area contributed by atoms with Gasteiger partial charge in [0.2, 0.25) is 0 Å². The maximum atomic E-state index is 10.9. The maximum absolute atomic E-state index is 10.9. The maximum Gasteiger partial charge on any atom is 0.412 e. The van der Waals surface area contributed by atoms with E-state index in [0.717, 1.165) is 0 Å². The molecule has 0 aliphatic rings. The van der Waals surface area contributed by atoms with Gasteiger partial charge in [0.1, 0.15) is 5.52 Å². The highest BCUT2D eigenvalue weighted by Gasteiger charge is 2.09. The first kappa shape index (κ1) is 8.49. The summed E-state index contributed by atoms with van der Waals surface area (Å²) in [7, 11) is 1.48. The van der Waals surface area contributed by atoms with Crippen molar-refractivity contribution in [1.29, 1.82) is 0 Å². The summed E-state index contributed by atoms with van der Waals surface area (Å²) in [5, 5.41) is 9.56. The number of aromatic nitrogens is 2. The number of hydrogen-bond acceptors (Lipinski definition) is 5. The summed E-state index contributed by atoms with van der Waals surface area (Å²) in [4.78, 5) is 10.9. The Morgan fingerprint density at radius 1 is 1.50 bits per heavy atom. The van der Waals surface area contributed by atoms with E-state index >= 15 is 0 Å². The first-order valence-electron chi connectivity index (χ1n) is 3.92. The van der Waals surface area contributed by atoms with E-state index in [-0.39, 0.29) is 0 Å². The first-order chi connectivity index (χ1) is 6.81. The van der Waals surface area contributed by atoms with Crippen molar-refractivity contribution in [3.63, 3.8) is 0 Å². The molecule has 0 saturated heterocycles. The van der Waals surface area contributed by atoms with Gasteiger partial charge in [-0.15, -0.1) is 0 Å². The fourth-order valence-corrected chi connectivity index (χ4v) is 1.01. The zero-order chi connectivity index (χ0) is 9.97. The van der Waals surface area contributed by atoms with Crippen LogP contribution in [-0.4, -0.2) is 23.5 Å². The lowest BCUT2D eigenvalue weighted by atomic mass is 10.3. The smallest absolute Gasteiger partial charge is 0.408 e. The van der Waals surface area contributed by atoms with Gasteiger partial charge in [-0.3, -0.25) is 0 Å². The number of rotatable bonds is 1. The van der Waals surface area contributed by atoms with Crippen molar-refractivity contribution in [3.05, 3.63) is 18.2 Å². The van der Waals surface area contributed by atoms with E-state index in [1.54, 1.807) is 18.2 Å². The fraction of sp³-hybridized carbons (Fsp3) is 0.125. The molecule has 0 radical (unpaired) electrons. The Morgan fingerprint density at radius 2 is 2.36 bits per heavy atom. The van der Waals surface area contributed by atoms with Crippen LogP contribution < -0.4 is 10.1 Å². The van der Waals surface area contributed by atoms with Gasteiger partial charge in [-0.1, -0.05) is 6.07 Å². The second kappa shape index (κ2) is 3.33. The van der Waals surface area contributed by atoms with Crippen molar-refractivity contribution >= 4 is 17.1 Å². The lowest BCUT2D eigenvalue weighted by molar-refractivity contribution is 0.203. The summed E-state index contributed by atoms with van der Waals surface area (Å²) in [5.41, 5.74) is 0.975. The van der Waals surface area contributed by atoms with Gasteiger partial charge in [0, 0.05) is 7.05 Å². The molecule has 1 aromatic carbocycles. The third-order valence-corrected chi connectivity index (χ3v) is 1.66. The van der Waals surface area contributed by atoms with E-state index in [9.17, 15) is 4.79 Å². The Morgan fingerprint density at radius 3 is 3.14 bits per heavy atom. The third-order valence-electron chi connectivity index (χ3n) is 1.66. The Labute approximate surface area is 78.8 Å². The number of nitrogens with zero attached hydrogens (tertiary/aromatic N) is 2. The second-order valence-corrected chi connectivity index (χ2v) is 2.53. The predicted molar refractivity (Wildman–Crippen MR) is 46.9 cm³/mol. The molecule has 2 aromatic rings. The highest BCUT2D eigenvalue weighted by Crippen LogP contribution is 2.21. The zero-order valence-corrected chi connectivity index (χ0v) is 7.35. The average molecular weight is 193 g/mol. The molecule has 0 aliphatic carbocycles. The Balaban J connectivity index is 2.41. The molecule has 0 bridgehead atoms. The normalized spacial score (nSPS) is 10.1. The zero-order valence-electron chi connectivity index (χ0n) is 7.35. The van der Waals surface area contributed by atoms with E-state index < -0.39 is 6.09 Å². The van der Waals surface area contributed by atoms with Crippen LogP contribution >= 0.6 is 0 Å². The minimum Gasteiger partial charge on any atom is -0.408 e. The van der Waals surface area contributed by atoms with E-state index in [4.69, 9.17) is 4.74 Å². The van der Waals surface area contributed by atoms with Gasteiger partial charge in [0.05, 0.1) is 0 Å². The molecule has 1 N–H and O–H groups in total. The number of nitrogens with one attached hydrogen (secondary N) is 1. The molecule has 2 rings (SSSR count). The minimum absolute atomic E-state index is 0.322. The molecule has 6 heteroatoms. The number of ether oxygens (including phenoxy) is 1. The van der Waals surface area contributed by atoms with Crippen molar-refractivity contribution in [2.24, 2.45) is 0 Å². The number of carbonyl (C=O) groups is 1. The van der Waals surface area contributed by atoms with Crippen LogP contribution in [0.15, 0.2) is 22.8 Å². The molecular formula is C8H7N3O3. The van der Waals surface area contributed by atoms with E-state index in [0.29, 0.717) is 16.8 Å². The monoisotopic (exact) mass is 193 g/mol. The summed E-state index contributed by atoms with van der Waals surface area (Å²) < 4.78 is 9.43. The molecule has 6 nitrogen and oxygen atoms in total. The topological polar surface area (TPSA) is 77.2 Å². The van der Waals surface area contributed by atoms with Crippen LogP contribution in [0.2, 0.25) is 0 Å². The molecule has 0 aliphatic heterocycles. The summed E-state index contributed by atoms with van der Waals surface area (Å²) in [5.74, 6) is 0.322. The molecule has 1 aromatic heterocycles. The lowest BCUT2D eigenvalue weighted by Crippen LogP contribution is -2.22. The number of fused-ring (bicyclic) bond motifs is 1. The van der Waals surface area contributed by atoms with Crippen LogP contribution in [-0.2, 0) is 0 Å². The minimum atomic E-state index is -0.555. The van der Waals surface area contributed by atoms with Crippen molar-refractivity contribution in [2.75, 3.05) is 7.05 Å². The SMILES string of the molecule is CNC(=O)Oc1cccc2nonc12. The van der Waals surface area contributed by atoms with E-state index in [1.165, 1.54) is 7.05 Å². The molecule has 0 unspecified atom stereocenters. The van der Waals surface area contributed by atoms with Crippen LogP contribution in [0.1, 0.15) is 0 Å². The quantitative estimate of drug-likeness (QED) is 0.729. The third kappa shape index (κ3) is 1.37. The van der Waals surface area contributed by atoms with Crippen LogP contribution in [0.25, 0.3) is 11.0 Å². The van der Waals surface area contributed by atoms with Gasteiger partial charge in [0.25, 0.3) is 0 Å². The average Bonchev–Trinajstić information content (AvgIpc) is 2.66. The fourth-order valence-electron chi connectivity index (χ4n) is 1.01. The summed E-state index contributed by atoms with van der Waals surface area (Å²) >= 11 is 0. The molecule has 14 heavy (non-hydrogen) atoms. The van der Waals surface area contributed by atoms with Gasteiger partial charge >= 0.3 is 6.09 Å². The standard InChI is InChI=1S/C8H7N3O3/c1-9-8(12)13-6-4-2-3-5-7(6)11-14-10-5/h2-4H,1H3,(H,9,12). The first-order valence-corrected chi connectivity index (χ1v) is 3.92. The number of hydrogen-bond donors (Lipinski definition) is 1. The van der Waals surface area contributed by atoms with Crippen molar-refractivity contribution < 1.29 is 14.2 Å².